The molecule has 0 saturated carbocycles. The number of nitriles is 1. The van der Waals surface area contributed by atoms with Crippen LogP contribution in [-0.2, 0) is 0 Å². The summed E-state index contributed by atoms with van der Waals surface area (Å²) in [6.07, 6.45) is 0. The summed E-state index contributed by atoms with van der Waals surface area (Å²) in [6, 6.07) is 9.30. The molecule has 1 heterocycles. The molecule has 0 aliphatic carbocycles. The predicted octanol–water partition coefficient (Wildman–Crippen LogP) is 4.10. The summed E-state index contributed by atoms with van der Waals surface area (Å²) in [6.45, 7) is 0. The lowest BCUT2D eigenvalue weighted by Gasteiger charge is -1.96. The number of hydrogen-bond donors (Lipinski definition) is 0. The summed E-state index contributed by atoms with van der Waals surface area (Å²) < 4.78 is 1.40. The van der Waals surface area contributed by atoms with Gasteiger partial charge in [0.1, 0.15) is 0 Å². The van der Waals surface area contributed by atoms with E-state index in [1.807, 2.05) is 12.1 Å². The van der Waals surface area contributed by atoms with Crippen molar-refractivity contribution in [2.45, 2.75) is 0 Å². The summed E-state index contributed by atoms with van der Waals surface area (Å²) in [4.78, 5) is 4.19. The van der Waals surface area contributed by atoms with Crippen LogP contribution >= 0.6 is 38.9 Å². The van der Waals surface area contributed by atoms with Crippen LogP contribution in [0.3, 0.4) is 0 Å². The van der Waals surface area contributed by atoms with Crippen LogP contribution in [0.25, 0.3) is 11.3 Å². The number of aromatic nitrogens is 1. The van der Waals surface area contributed by atoms with Gasteiger partial charge in [0.15, 0.2) is 4.47 Å². The van der Waals surface area contributed by atoms with Crippen molar-refractivity contribution in [1.29, 1.82) is 5.26 Å². The second-order valence-corrected chi connectivity index (χ2v) is 5.68. The molecule has 74 valence electrons. The zero-order valence-corrected chi connectivity index (χ0v) is 10.5. The van der Waals surface area contributed by atoms with E-state index in [9.17, 15) is 0 Å². The number of nitrogens with zero attached hydrogens (tertiary/aromatic N) is 2. The van der Waals surface area contributed by atoms with Gasteiger partial charge >= 0.3 is 0 Å². The quantitative estimate of drug-likeness (QED) is 0.795. The average Bonchev–Trinajstić information content (AvgIpc) is 2.58. The third kappa shape index (κ3) is 2.20. The maximum atomic E-state index is 8.66. The Morgan fingerprint density at radius 3 is 2.47 bits per heavy atom. The molecule has 0 fully saturated rings. The maximum absolute atomic E-state index is 8.66. The van der Waals surface area contributed by atoms with Crippen molar-refractivity contribution >= 4 is 38.9 Å². The number of hydrogen-bond acceptors (Lipinski definition) is 3. The molecule has 2 nitrogen and oxygen atoms in total. The third-order valence-corrected chi connectivity index (χ3v) is 3.66. The van der Waals surface area contributed by atoms with E-state index < -0.39 is 0 Å². The summed E-state index contributed by atoms with van der Waals surface area (Å²) in [7, 11) is 0. The minimum absolute atomic E-state index is 0.501. The van der Waals surface area contributed by atoms with Crippen LogP contribution < -0.4 is 0 Å². The van der Waals surface area contributed by atoms with Gasteiger partial charge in [-0.3, -0.25) is 0 Å². The Morgan fingerprint density at radius 1 is 1.33 bits per heavy atom. The van der Waals surface area contributed by atoms with Crippen molar-refractivity contribution in [3.8, 4) is 17.3 Å². The minimum Gasteiger partial charge on any atom is -0.224 e. The predicted molar refractivity (Wildman–Crippen MR) is 65.0 cm³/mol. The largest absolute Gasteiger partial charge is 0.224 e. The maximum Gasteiger partial charge on any atom is 0.185 e. The zero-order chi connectivity index (χ0) is 10.8. The minimum atomic E-state index is 0.501. The summed E-state index contributed by atoms with van der Waals surface area (Å²) in [5.74, 6) is 0. The molecule has 0 radical (unpaired) electrons. The van der Waals surface area contributed by atoms with Crippen molar-refractivity contribution < 1.29 is 0 Å². The van der Waals surface area contributed by atoms with Gasteiger partial charge in [-0.2, -0.15) is 5.26 Å². The van der Waals surface area contributed by atoms with Gasteiger partial charge in [-0.15, -0.1) is 0 Å². The van der Waals surface area contributed by atoms with Gasteiger partial charge in [-0.05, 0) is 28.1 Å². The molecule has 1 aromatic carbocycles. The van der Waals surface area contributed by atoms with Crippen LogP contribution in [0.4, 0.5) is 0 Å². The van der Waals surface area contributed by atoms with Gasteiger partial charge in [0.25, 0.3) is 0 Å². The Balaban J connectivity index is 2.46. The number of thiazole rings is 1. The first-order valence-electron chi connectivity index (χ1n) is 4.03. The Kier molecular flexibility index (Phi) is 3.06. The highest BCUT2D eigenvalue weighted by molar-refractivity contribution is 9.11. The van der Waals surface area contributed by atoms with E-state index in [0.29, 0.717) is 10.0 Å². The van der Waals surface area contributed by atoms with Crippen LogP contribution in [-0.4, -0.2) is 4.98 Å². The smallest absolute Gasteiger partial charge is 0.185 e. The highest BCUT2D eigenvalue weighted by Gasteiger charge is 2.09. The Bertz CT molecular complexity index is 527. The topological polar surface area (TPSA) is 36.7 Å². The fraction of sp³-hybridized carbons (Fsp3) is 0. The highest BCUT2D eigenvalue weighted by Crippen LogP contribution is 2.34. The SMILES string of the molecule is N#Cc1ccc(-c2nc(Cl)sc2Br)cc1. The lowest BCUT2D eigenvalue weighted by atomic mass is 10.1. The molecule has 5 heteroatoms. The first-order valence-corrected chi connectivity index (χ1v) is 6.02. The number of benzene rings is 1. The molecule has 2 aromatic rings. The molecule has 0 unspecified atom stereocenters. The molecule has 0 saturated heterocycles. The molecule has 2 rings (SSSR count). The zero-order valence-electron chi connectivity index (χ0n) is 7.37. The van der Waals surface area contributed by atoms with E-state index >= 15 is 0 Å². The molecule has 0 bridgehead atoms. The molecule has 0 amide bonds. The van der Waals surface area contributed by atoms with E-state index in [0.717, 1.165) is 15.0 Å². The van der Waals surface area contributed by atoms with Crippen LogP contribution in [0.5, 0.6) is 0 Å². The van der Waals surface area contributed by atoms with Crippen molar-refractivity contribution in [3.63, 3.8) is 0 Å². The van der Waals surface area contributed by atoms with Gasteiger partial charge in [-0.25, -0.2) is 4.98 Å². The molecule has 0 aliphatic heterocycles. The van der Waals surface area contributed by atoms with Gasteiger partial charge < -0.3 is 0 Å². The molecular weight excluding hydrogens is 296 g/mol. The first kappa shape index (κ1) is 10.6. The molecule has 0 atom stereocenters. The second kappa shape index (κ2) is 4.31. The van der Waals surface area contributed by atoms with Crippen LogP contribution in [0.15, 0.2) is 28.1 Å². The fourth-order valence-electron chi connectivity index (χ4n) is 1.16. The monoisotopic (exact) mass is 298 g/mol. The van der Waals surface area contributed by atoms with Crippen molar-refractivity contribution in [1.82, 2.24) is 4.98 Å². The third-order valence-electron chi connectivity index (χ3n) is 1.85. The Morgan fingerprint density at radius 2 is 2.00 bits per heavy atom. The molecule has 1 aromatic heterocycles. The van der Waals surface area contributed by atoms with E-state index in [2.05, 4.69) is 27.0 Å². The second-order valence-electron chi connectivity index (χ2n) is 2.78. The van der Waals surface area contributed by atoms with E-state index in [1.165, 1.54) is 11.3 Å². The van der Waals surface area contributed by atoms with E-state index in [4.69, 9.17) is 16.9 Å². The first-order chi connectivity index (χ1) is 7.20. The van der Waals surface area contributed by atoms with Crippen LogP contribution in [0.2, 0.25) is 4.47 Å². The molecular formula is C10H4BrClN2S. The van der Waals surface area contributed by atoms with Crippen molar-refractivity contribution in [2.24, 2.45) is 0 Å². The lowest BCUT2D eigenvalue weighted by molar-refractivity contribution is 1.39. The van der Waals surface area contributed by atoms with Crippen molar-refractivity contribution in [2.75, 3.05) is 0 Å². The highest BCUT2D eigenvalue weighted by atomic mass is 79.9. The van der Waals surface area contributed by atoms with Gasteiger partial charge in [0.05, 0.1) is 21.1 Å². The average molecular weight is 300 g/mol. The number of halogens is 2. The van der Waals surface area contributed by atoms with Gasteiger partial charge in [0.2, 0.25) is 0 Å². The Labute approximate surface area is 104 Å². The summed E-state index contributed by atoms with van der Waals surface area (Å²) in [5, 5.41) is 8.66. The van der Waals surface area contributed by atoms with Gasteiger partial charge in [-0.1, -0.05) is 35.1 Å². The van der Waals surface area contributed by atoms with Crippen molar-refractivity contribution in [3.05, 3.63) is 38.1 Å². The molecule has 0 spiro atoms. The molecule has 0 N–H and O–H groups in total. The van der Waals surface area contributed by atoms with E-state index in [-0.39, 0.29) is 0 Å². The van der Waals surface area contributed by atoms with E-state index in [1.54, 1.807) is 12.1 Å². The summed E-state index contributed by atoms with van der Waals surface area (Å²) >= 11 is 10.6. The van der Waals surface area contributed by atoms with Gasteiger partial charge in [0, 0.05) is 5.56 Å². The van der Waals surface area contributed by atoms with Crippen LogP contribution in [0, 0.1) is 11.3 Å². The molecule has 15 heavy (non-hydrogen) atoms. The standard InChI is InChI=1S/C10H4BrClN2S/c11-9-8(14-10(12)15-9)7-3-1-6(5-13)2-4-7/h1-4H. The summed E-state index contributed by atoms with van der Waals surface area (Å²) in [5.41, 5.74) is 2.40. The Hall–Kier alpha value is -0.890. The fourth-order valence-corrected chi connectivity index (χ4v) is 3.08. The van der Waals surface area contributed by atoms with Crippen LogP contribution in [0.1, 0.15) is 5.56 Å². The molecule has 0 aliphatic rings. The lowest BCUT2D eigenvalue weighted by Crippen LogP contribution is -1.79. The normalized spacial score (nSPS) is 9.93. The number of rotatable bonds is 1.